The van der Waals surface area contributed by atoms with Crippen LogP contribution in [0, 0.1) is 0 Å². The van der Waals surface area contributed by atoms with E-state index in [0.29, 0.717) is 19.5 Å². The molecule has 0 saturated carbocycles. The van der Waals surface area contributed by atoms with Gasteiger partial charge in [-0.3, -0.25) is 4.84 Å². The van der Waals surface area contributed by atoms with Crippen molar-refractivity contribution in [3.05, 3.63) is 83.9 Å². The van der Waals surface area contributed by atoms with E-state index in [9.17, 15) is 10.2 Å². The third kappa shape index (κ3) is 12.5. The molecule has 194 valence electrons. The Balaban J connectivity index is 2.03. The van der Waals surface area contributed by atoms with Crippen molar-refractivity contribution in [1.82, 2.24) is 5.06 Å². The summed E-state index contributed by atoms with van der Waals surface area (Å²) in [5.41, 5.74) is 1.54. The molecule has 0 aliphatic carbocycles. The molecule has 2 aromatic rings. The molecule has 2 rings (SSSR count). The summed E-state index contributed by atoms with van der Waals surface area (Å²) >= 11 is 0. The van der Waals surface area contributed by atoms with E-state index in [1.54, 1.807) is 0 Å². The van der Waals surface area contributed by atoms with Gasteiger partial charge in [0, 0.05) is 19.7 Å². The normalized spacial score (nSPS) is 13.5. The standard InChI is InChI=1S/C31H47NO3/c1-2-3-4-5-6-7-8-9-16-23-31(28-34,24-17-18-25-33)35-32(26-29-19-12-10-13-20-29)27-30-21-14-11-15-22-30/h10-15,17,19-22,24,33-34H,2-9,16,18,23,25-28H2,1H3/b24-17+/t31-/m0/s1. The zero-order valence-corrected chi connectivity index (χ0v) is 21.8. The van der Waals surface area contributed by atoms with Gasteiger partial charge in [0.15, 0.2) is 0 Å². The van der Waals surface area contributed by atoms with Gasteiger partial charge in [-0.2, -0.15) is 5.06 Å². The van der Waals surface area contributed by atoms with Gasteiger partial charge in [-0.15, -0.1) is 0 Å². The number of aliphatic hydroxyl groups excluding tert-OH is 2. The molecule has 35 heavy (non-hydrogen) atoms. The molecule has 0 aliphatic rings. The van der Waals surface area contributed by atoms with Crippen molar-refractivity contribution in [2.45, 2.75) is 96.2 Å². The van der Waals surface area contributed by atoms with Crippen LogP contribution in [-0.4, -0.2) is 34.1 Å². The quantitative estimate of drug-likeness (QED) is 0.119. The molecule has 0 radical (unpaired) electrons. The maximum absolute atomic E-state index is 10.5. The Labute approximate surface area is 213 Å². The maximum atomic E-state index is 10.5. The Morgan fingerprint density at radius 3 is 1.74 bits per heavy atom. The Bertz CT molecular complexity index is 739. The summed E-state index contributed by atoms with van der Waals surface area (Å²) in [5.74, 6) is 0. The summed E-state index contributed by atoms with van der Waals surface area (Å²) in [6.07, 6.45) is 16.5. The van der Waals surface area contributed by atoms with Crippen molar-refractivity contribution in [2.75, 3.05) is 13.2 Å². The van der Waals surface area contributed by atoms with E-state index in [2.05, 4.69) is 31.2 Å². The second-order valence-electron chi connectivity index (χ2n) is 9.58. The molecule has 0 unspecified atom stereocenters. The van der Waals surface area contributed by atoms with E-state index in [1.165, 1.54) is 44.9 Å². The van der Waals surface area contributed by atoms with Crippen LogP contribution in [0.2, 0.25) is 0 Å². The van der Waals surface area contributed by atoms with Crippen LogP contribution in [0.4, 0.5) is 0 Å². The largest absolute Gasteiger partial charge is 0.396 e. The number of benzene rings is 2. The van der Waals surface area contributed by atoms with Gasteiger partial charge in [-0.05, 0) is 24.0 Å². The summed E-state index contributed by atoms with van der Waals surface area (Å²) in [6.45, 7) is 3.51. The van der Waals surface area contributed by atoms with E-state index in [4.69, 9.17) is 4.84 Å². The first-order valence-corrected chi connectivity index (χ1v) is 13.6. The van der Waals surface area contributed by atoms with Crippen molar-refractivity contribution >= 4 is 0 Å². The molecule has 0 heterocycles. The van der Waals surface area contributed by atoms with Crippen molar-refractivity contribution in [3.63, 3.8) is 0 Å². The predicted octanol–water partition coefficient (Wildman–Crippen LogP) is 7.21. The average molecular weight is 482 g/mol. The van der Waals surface area contributed by atoms with E-state index >= 15 is 0 Å². The minimum atomic E-state index is -0.792. The third-order valence-electron chi connectivity index (χ3n) is 6.40. The van der Waals surface area contributed by atoms with Crippen LogP contribution < -0.4 is 0 Å². The fraction of sp³-hybridized carbons (Fsp3) is 0.548. The van der Waals surface area contributed by atoms with Crippen LogP contribution in [0.1, 0.15) is 88.7 Å². The van der Waals surface area contributed by atoms with E-state index < -0.39 is 5.60 Å². The predicted molar refractivity (Wildman–Crippen MR) is 146 cm³/mol. The minimum absolute atomic E-state index is 0.0911. The lowest BCUT2D eigenvalue weighted by Crippen LogP contribution is -2.42. The van der Waals surface area contributed by atoms with Gasteiger partial charge in [-0.25, -0.2) is 0 Å². The van der Waals surface area contributed by atoms with Crippen molar-refractivity contribution < 1.29 is 15.1 Å². The highest BCUT2D eigenvalue weighted by atomic mass is 16.7. The molecule has 0 bridgehead atoms. The van der Waals surface area contributed by atoms with Crippen molar-refractivity contribution in [3.8, 4) is 0 Å². The molecular weight excluding hydrogens is 434 g/mol. The molecule has 2 N–H and O–H groups in total. The number of hydrogen-bond donors (Lipinski definition) is 2. The second-order valence-corrected chi connectivity index (χ2v) is 9.58. The van der Waals surface area contributed by atoms with Crippen LogP contribution >= 0.6 is 0 Å². The number of unbranched alkanes of at least 4 members (excludes halogenated alkanes) is 8. The molecule has 0 aliphatic heterocycles. The molecule has 4 nitrogen and oxygen atoms in total. The first-order valence-electron chi connectivity index (χ1n) is 13.6. The molecule has 4 heteroatoms. The fourth-order valence-electron chi connectivity index (χ4n) is 4.38. The summed E-state index contributed by atoms with van der Waals surface area (Å²) in [7, 11) is 0. The van der Waals surface area contributed by atoms with Crippen LogP contribution in [0.3, 0.4) is 0 Å². The van der Waals surface area contributed by atoms with Crippen LogP contribution in [-0.2, 0) is 17.9 Å². The average Bonchev–Trinajstić information content (AvgIpc) is 2.89. The van der Waals surface area contributed by atoms with Gasteiger partial charge in [0.1, 0.15) is 5.60 Å². The lowest BCUT2D eigenvalue weighted by atomic mass is 9.95. The van der Waals surface area contributed by atoms with Gasteiger partial charge in [0.25, 0.3) is 0 Å². The van der Waals surface area contributed by atoms with Gasteiger partial charge < -0.3 is 10.2 Å². The van der Waals surface area contributed by atoms with Gasteiger partial charge in [0.2, 0.25) is 0 Å². The zero-order valence-electron chi connectivity index (χ0n) is 21.8. The molecular formula is C31H47NO3. The zero-order chi connectivity index (χ0) is 25.0. The first-order chi connectivity index (χ1) is 17.2. The molecule has 0 fully saturated rings. The van der Waals surface area contributed by atoms with Crippen LogP contribution in [0.15, 0.2) is 72.8 Å². The van der Waals surface area contributed by atoms with Crippen molar-refractivity contribution in [1.29, 1.82) is 0 Å². The van der Waals surface area contributed by atoms with Crippen LogP contribution in [0.25, 0.3) is 0 Å². The molecule has 0 aromatic heterocycles. The Morgan fingerprint density at radius 1 is 0.743 bits per heavy atom. The summed E-state index contributed by atoms with van der Waals surface area (Å²) < 4.78 is 0. The number of nitrogens with zero attached hydrogens (tertiary/aromatic N) is 1. The molecule has 2 aromatic carbocycles. The van der Waals surface area contributed by atoms with Gasteiger partial charge >= 0.3 is 0 Å². The Hall–Kier alpha value is -1.98. The van der Waals surface area contributed by atoms with Gasteiger partial charge in [0.05, 0.1) is 6.61 Å². The highest BCUT2D eigenvalue weighted by molar-refractivity contribution is 5.17. The Kier molecular flexibility index (Phi) is 15.3. The topological polar surface area (TPSA) is 52.9 Å². The summed E-state index contributed by atoms with van der Waals surface area (Å²) in [5, 5.41) is 21.8. The number of aliphatic hydroxyl groups is 2. The highest BCUT2D eigenvalue weighted by Gasteiger charge is 2.30. The van der Waals surface area contributed by atoms with Crippen molar-refractivity contribution in [2.24, 2.45) is 0 Å². The summed E-state index contributed by atoms with van der Waals surface area (Å²) in [6, 6.07) is 20.6. The summed E-state index contributed by atoms with van der Waals surface area (Å²) in [4.78, 5) is 6.63. The minimum Gasteiger partial charge on any atom is -0.396 e. The Morgan fingerprint density at radius 2 is 1.26 bits per heavy atom. The molecule has 0 spiro atoms. The lowest BCUT2D eigenvalue weighted by molar-refractivity contribution is -0.254. The fourth-order valence-corrected chi connectivity index (χ4v) is 4.38. The van der Waals surface area contributed by atoms with E-state index in [0.717, 1.165) is 30.4 Å². The molecule has 0 saturated heterocycles. The highest BCUT2D eigenvalue weighted by Crippen LogP contribution is 2.26. The van der Waals surface area contributed by atoms with Crippen LogP contribution in [0.5, 0.6) is 0 Å². The van der Waals surface area contributed by atoms with E-state index in [1.807, 2.05) is 53.6 Å². The molecule has 1 atom stereocenters. The third-order valence-corrected chi connectivity index (χ3v) is 6.40. The number of hydroxylamine groups is 2. The lowest BCUT2D eigenvalue weighted by Gasteiger charge is -2.35. The maximum Gasteiger partial charge on any atom is 0.131 e. The number of hydrogen-bond acceptors (Lipinski definition) is 4. The molecule has 0 amide bonds. The number of rotatable bonds is 20. The SMILES string of the molecule is CCCCCCCCCCC[C@](/C=C/CCO)(CO)ON(Cc1ccccc1)Cc1ccccc1. The second kappa shape index (κ2) is 18.3. The smallest absolute Gasteiger partial charge is 0.131 e. The van der Waals surface area contributed by atoms with E-state index in [-0.39, 0.29) is 13.2 Å². The first kappa shape index (κ1) is 29.3. The monoisotopic (exact) mass is 481 g/mol. The van der Waals surface area contributed by atoms with Gasteiger partial charge in [-0.1, -0.05) is 138 Å².